The van der Waals surface area contributed by atoms with Crippen molar-refractivity contribution in [1.82, 2.24) is 4.90 Å². The van der Waals surface area contributed by atoms with Crippen molar-refractivity contribution in [2.75, 3.05) is 32.8 Å². The van der Waals surface area contributed by atoms with E-state index in [1.165, 1.54) is 12.1 Å². The molecule has 1 aromatic rings. The Labute approximate surface area is 108 Å². The summed E-state index contributed by atoms with van der Waals surface area (Å²) in [7, 11) is 0. The van der Waals surface area contributed by atoms with Crippen LogP contribution < -0.4 is 0 Å². The largest absolute Gasteiger partial charge is 0.380 e. The molecular weight excluding hydrogens is 233 g/mol. The van der Waals surface area contributed by atoms with Gasteiger partial charge in [-0.15, -0.1) is 0 Å². The minimum atomic E-state index is -0.377. The zero-order valence-corrected chi connectivity index (χ0v) is 11.0. The van der Waals surface area contributed by atoms with Crippen LogP contribution in [0.5, 0.6) is 0 Å². The molecule has 0 N–H and O–H groups in total. The first-order chi connectivity index (χ1) is 8.67. The minimum Gasteiger partial charge on any atom is -0.380 e. The molecule has 0 radical (unpaired) electrons. The fourth-order valence-electron chi connectivity index (χ4n) is 1.64. The van der Waals surface area contributed by atoms with Crippen molar-refractivity contribution in [3.05, 3.63) is 35.6 Å². The monoisotopic (exact) mass is 253 g/mol. The molecule has 0 bridgehead atoms. The number of ether oxygens (including phenoxy) is 1. The molecule has 0 amide bonds. The molecule has 0 aliphatic heterocycles. The summed E-state index contributed by atoms with van der Waals surface area (Å²) in [6.07, 6.45) is 0. The van der Waals surface area contributed by atoms with Gasteiger partial charge in [-0.05, 0) is 25.6 Å². The molecular formula is C14H20FNO2. The maximum Gasteiger partial charge on any atom is 0.176 e. The van der Waals surface area contributed by atoms with E-state index in [2.05, 4.69) is 0 Å². The molecule has 0 unspecified atom stereocenters. The van der Waals surface area contributed by atoms with Crippen LogP contribution in [0.4, 0.5) is 4.39 Å². The lowest BCUT2D eigenvalue weighted by atomic mass is 10.1. The van der Waals surface area contributed by atoms with Crippen LogP contribution in [0.15, 0.2) is 24.3 Å². The highest BCUT2D eigenvalue weighted by Crippen LogP contribution is 2.05. The van der Waals surface area contributed by atoms with Crippen LogP contribution >= 0.6 is 0 Å². The van der Waals surface area contributed by atoms with Gasteiger partial charge < -0.3 is 4.74 Å². The van der Waals surface area contributed by atoms with Crippen molar-refractivity contribution >= 4 is 5.78 Å². The van der Waals surface area contributed by atoms with E-state index in [0.717, 1.165) is 6.54 Å². The Kier molecular flexibility index (Phi) is 6.54. The van der Waals surface area contributed by atoms with Gasteiger partial charge >= 0.3 is 0 Å². The normalized spacial score (nSPS) is 10.9. The van der Waals surface area contributed by atoms with Crippen molar-refractivity contribution in [2.45, 2.75) is 13.8 Å². The Morgan fingerprint density at radius 3 is 2.78 bits per heavy atom. The molecule has 0 spiro atoms. The van der Waals surface area contributed by atoms with E-state index in [1.54, 1.807) is 12.1 Å². The fraction of sp³-hybridized carbons (Fsp3) is 0.500. The van der Waals surface area contributed by atoms with Gasteiger partial charge in [0.15, 0.2) is 5.78 Å². The Bertz CT molecular complexity index is 382. The molecule has 0 atom stereocenters. The fourth-order valence-corrected chi connectivity index (χ4v) is 1.64. The molecule has 0 fully saturated rings. The van der Waals surface area contributed by atoms with E-state index >= 15 is 0 Å². The van der Waals surface area contributed by atoms with Crippen LogP contribution in [0.25, 0.3) is 0 Å². The third-order valence-corrected chi connectivity index (χ3v) is 2.72. The molecule has 0 heterocycles. The summed E-state index contributed by atoms with van der Waals surface area (Å²) in [5.74, 6) is -0.439. The second kappa shape index (κ2) is 7.95. The van der Waals surface area contributed by atoms with E-state index in [1.807, 2.05) is 18.7 Å². The second-order valence-corrected chi connectivity index (χ2v) is 4.00. The SMILES string of the molecule is CCOCCN(CC)CC(=O)c1cccc(F)c1. The molecule has 1 rings (SSSR count). The Balaban J connectivity index is 2.51. The van der Waals surface area contributed by atoms with Gasteiger partial charge in [-0.3, -0.25) is 9.69 Å². The minimum absolute atomic E-state index is 0.0622. The van der Waals surface area contributed by atoms with E-state index in [0.29, 0.717) is 31.9 Å². The highest BCUT2D eigenvalue weighted by Gasteiger charge is 2.11. The third-order valence-electron chi connectivity index (χ3n) is 2.72. The number of benzene rings is 1. The number of likely N-dealkylation sites (N-methyl/N-ethyl adjacent to an activating group) is 1. The first-order valence-electron chi connectivity index (χ1n) is 6.26. The van der Waals surface area contributed by atoms with E-state index < -0.39 is 0 Å². The molecule has 0 aliphatic rings. The maximum atomic E-state index is 13.0. The summed E-state index contributed by atoms with van der Waals surface area (Å²) < 4.78 is 18.3. The maximum absolute atomic E-state index is 13.0. The number of Topliss-reactive ketones (excluding diaryl/α,β-unsaturated/α-hetero) is 1. The second-order valence-electron chi connectivity index (χ2n) is 4.00. The van der Waals surface area contributed by atoms with Crippen molar-refractivity contribution in [3.8, 4) is 0 Å². The van der Waals surface area contributed by atoms with Crippen LogP contribution in [0.1, 0.15) is 24.2 Å². The number of ketones is 1. The first-order valence-corrected chi connectivity index (χ1v) is 6.26. The zero-order valence-electron chi connectivity index (χ0n) is 11.0. The lowest BCUT2D eigenvalue weighted by Crippen LogP contribution is -2.32. The summed E-state index contributed by atoms with van der Waals surface area (Å²) in [4.78, 5) is 13.9. The van der Waals surface area contributed by atoms with Crippen LogP contribution in [-0.2, 0) is 4.74 Å². The molecule has 4 heteroatoms. The van der Waals surface area contributed by atoms with Gasteiger partial charge in [0.05, 0.1) is 13.2 Å². The quantitative estimate of drug-likeness (QED) is 0.526. The number of carbonyl (C=O) groups excluding carboxylic acids is 1. The Morgan fingerprint density at radius 1 is 1.39 bits per heavy atom. The van der Waals surface area contributed by atoms with Crippen LogP contribution in [0, 0.1) is 5.82 Å². The summed E-state index contributed by atoms with van der Waals surface area (Å²) in [5.41, 5.74) is 0.421. The molecule has 0 saturated heterocycles. The number of rotatable bonds is 8. The van der Waals surface area contributed by atoms with Gasteiger partial charge in [0, 0.05) is 18.7 Å². The summed E-state index contributed by atoms with van der Waals surface area (Å²) in [6.45, 7) is 7.00. The highest BCUT2D eigenvalue weighted by atomic mass is 19.1. The standard InChI is InChI=1S/C14H20FNO2/c1-3-16(8-9-18-4-2)11-14(17)12-6-5-7-13(15)10-12/h5-7,10H,3-4,8-9,11H2,1-2H3. The van der Waals surface area contributed by atoms with Crippen LogP contribution in [-0.4, -0.2) is 43.5 Å². The summed E-state index contributed by atoms with van der Waals surface area (Å²) in [6, 6.07) is 5.81. The number of nitrogens with zero attached hydrogens (tertiary/aromatic N) is 1. The number of halogens is 1. The molecule has 1 aromatic carbocycles. The topological polar surface area (TPSA) is 29.5 Å². The molecule has 0 aliphatic carbocycles. The Morgan fingerprint density at radius 2 is 2.17 bits per heavy atom. The smallest absolute Gasteiger partial charge is 0.176 e. The zero-order chi connectivity index (χ0) is 13.4. The molecule has 18 heavy (non-hydrogen) atoms. The lowest BCUT2D eigenvalue weighted by molar-refractivity contribution is 0.0867. The summed E-state index contributed by atoms with van der Waals surface area (Å²) >= 11 is 0. The van der Waals surface area contributed by atoms with Gasteiger partial charge in [-0.2, -0.15) is 0 Å². The molecule has 100 valence electrons. The van der Waals surface area contributed by atoms with Gasteiger partial charge in [0.25, 0.3) is 0 Å². The van der Waals surface area contributed by atoms with Crippen LogP contribution in [0.3, 0.4) is 0 Å². The predicted octanol–water partition coefficient (Wildman–Crippen LogP) is 2.37. The third kappa shape index (κ3) is 4.94. The highest BCUT2D eigenvalue weighted by molar-refractivity contribution is 5.97. The van der Waals surface area contributed by atoms with Gasteiger partial charge in [0.2, 0.25) is 0 Å². The summed E-state index contributed by atoms with van der Waals surface area (Å²) in [5, 5.41) is 0. The first kappa shape index (κ1) is 14.8. The van der Waals surface area contributed by atoms with Crippen molar-refractivity contribution in [2.24, 2.45) is 0 Å². The van der Waals surface area contributed by atoms with E-state index in [-0.39, 0.29) is 11.6 Å². The van der Waals surface area contributed by atoms with Crippen molar-refractivity contribution < 1.29 is 13.9 Å². The average molecular weight is 253 g/mol. The molecule has 0 aromatic heterocycles. The van der Waals surface area contributed by atoms with Crippen molar-refractivity contribution in [1.29, 1.82) is 0 Å². The lowest BCUT2D eigenvalue weighted by Gasteiger charge is -2.19. The van der Waals surface area contributed by atoms with Gasteiger partial charge in [-0.25, -0.2) is 4.39 Å². The molecule has 3 nitrogen and oxygen atoms in total. The number of hydrogen-bond acceptors (Lipinski definition) is 3. The average Bonchev–Trinajstić information content (AvgIpc) is 2.37. The van der Waals surface area contributed by atoms with E-state index in [9.17, 15) is 9.18 Å². The predicted molar refractivity (Wildman–Crippen MR) is 69.3 cm³/mol. The van der Waals surface area contributed by atoms with E-state index in [4.69, 9.17) is 4.74 Å². The van der Waals surface area contributed by atoms with Gasteiger partial charge in [0.1, 0.15) is 5.82 Å². The molecule has 0 saturated carbocycles. The number of carbonyl (C=O) groups is 1. The Hall–Kier alpha value is -1.26. The van der Waals surface area contributed by atoms with Crippen LogP contribution in [0.2, 0.25) is 0 Å². The van der Waals surface area contributed by atoms with Gasteiger partial charge in [-0.1, -0.05) is 19.1 Å². The van der Waals surface area contributed by atoms with Crippen molar-refractivity contribution in [3.63, 3.8) is 0 Å². The number of hydrogen-bond donors (Lipinski definition) is 0.